The molecule has 1 saturated heterocycles. The molecule has 0 bridgehead atoms. The third-order valence-corrected chi connectivity index (χ3v) is 13.7. The highest BCUT2D eigenvalue weighted by Crippen LogP contribution is 2.40. The van der Waals surface area contributed by atoms with Crippen molar-refractivity contribution in [2.45, 2.75) is 90.3 Å². The van der Waals surface area contributed by atoms with Gasteiger partial charge in [-0.15, -0.1) is 26.6 Å². The Hall–Kier alpha value is -6.24. The van der Waals surface area contributed by atoms with Crippen LogP contribution in [-0.2, 0) is 12.8 Å². The number of fused-ring (bicyclic) bond motifs is 3. The number of hydrogen-bond acceptors (Lipinski definition) is 12. The topological polar surface area (TPSA) is 177 Å². The number of aromatic nitrogens is 6. The van der Waals surface area contributed by atoms with Crippen molar-refractivity contribution in [3.05, 3.63) is 134 Å². The van der Waals surface area contributed by atoms with E-state index in [9.17, 15) is 9.59 Å². The van der Waals surface area contributed by atoms with Crippen LogP contribution in [-0.4, -0.2) is 77.6 Å². The van der Waals surface area contributed by atoms with E-state index in [0.29, 0.717) is 58.9 Å². The standard InChI is InChI=1S/C46H45ClN10O4S/c1-26-27(2)62-46-41(26)42(51-39(24-40-49-18-21-60-40)43-55-52-28(3)57(43)46)30-4-6-31(7-5-30)45(59)56-19-16-29(17-20-56)22-34-11-15-38(54-53-34)44(58)50-33-9-13-35(14-10-33)61-36-12-8-32(25-48)37(47)23-36/h4-8,11-12,15,18,21,23,29,33,35,39H,9-10,13-14,16-17,19-20,22,24H2,1-3H3,(H,50,58)/t33-,35-,39-/m1/s1. The number of ether oxygens (including phenoxy) is 1. The van der Waals surface area contributed by atoms with Crippen LogP contribution in [0.5, 0.6) is 5.75 Å². The van der Waals surface area contributed by atoms with E-state index in [2.05, 4.69) is 55.2 Å². The number of piperidine rings is 1. The molecular weight excluding hydrogens is 824 g/mol. The smallest absolute Gasteiger partial charge is 0.272 e. The molecule has 14 nitrogen and oxygen atoms in total. The number of thiophene rings is 1. The zero-order valence-corrected chi connectivity index (χ0v) is 36.2. The van der Waals surface area contributed by atoms with Gasteiger partial charge in [0.2, 0.25) is 0 Å². The van der Waals surface area contributed by atoms with Crippen molar-refractivity contribution in [2.75, 3.05) is 13.1 Å². The Labute approximate surface area is 368 Å². The fourth-order valence-corrected chi connectivity index (χ4v) is 10.1. The van der Waals surface area contributed by atoms with Crippen molar-refractivity contribution < 1.29 is 18.7 Å². The summed E-state index contributed by atoms with van der Waals surface area (Å²) in [6.07, 6.45) is 9.22. The molecule has 0 spiro atoms. The van der Waals surface area contributed by atoms with Gasteiger partial charge < -0.3 is 19.4 Å². The monoisotopic (exact) mass is 868 g/mol. The summed E-state index contributed by atoms with van der Waals surface area (Å²) in [5.41, 5.74) is 6.14. The third-order valence-electron chi connectivity index (χ3n) is 12.2. The zero-order chi connectivity index (χ0) is 42.9. The number of nitrogens with one attached hydrogen (secondary N) is 1. The second-order valence-corrected chi connectivity index (χ2v) is 17.9. The Bertz CT molecular complexity index is 2670. The lowest BCUT2D eigenvalue weighted by Gasteiger charge is -2.32. The summed E-state index contributed by atoms with van der Waals surface area (Å²) in [7, 11) is 0. The second-order valence-electron chi connectivity index (χ2n) is 16.3. The van der Waals surface area contributed by atoms with Gasteiger partial charge >= 0.3 is 0 Å². The summed E-state index contributed by atoms with van der Waals surface area (Å²) >= 11 is 7.86. The molecule has 1 saturated carbocycles. The highest BCUT2D eigenvalue weighted by atomic mass is 35.5. The number of aliphatic imine (C=N–C) groups is 1. The summed E-state index contributed by atoms with van der Waals surface area (Å²) in [6.45, 7) is 7.51. The largest absolute Gasteiger partial charge is 0.490 e. The minimum Gasteiger partial charge on any atom is -0.490 e. The Morgan fingerprint density at radius 2 is 1.74 bits per heavy atom. The molecule has 0 radical (unpaired) electrons. The number of aryl methyl sites for hydroxylation is 2. The van der Waals surface area contributed by atoms with Crippen LogP contribution < -0.4 is 10.1 Å². The molecule has 2 fully saturated rings. The normalized spacial score (nSPS) is 18.9. The fourth-order valence-electron chi connectivity index (χ4n) is 8.66. The predicted molar refractivity (Wildman–Crippen MR) is 233 cm³/mol. The average Bonchev–Trinajstić information content (AvgIpc) is 4.00. The molecule has 1 aliphatic carbocycles. The molecule has 3 aliphatic rings. The number of oxazole rings is 1. The number of nitrogens with zero attached hydrogens (tertiary/aromatic N) is 9. The van der Waals surface area contributed by atoms with E-state index in [0.717, 1.165) is 89.7 Å². The predicted octanol–water partition coefficient (Wildman–Crippen LogP) is 7.91. The average molecular weight is 869 g/mol. The molecule has 6 aromatic rings. The van der Waals surface area contributed by atoms with E-state index in [4.69, 9.17) is 31.0 Å². The van der Waals surface area contributed by atoms with E-state index in [-0.39, 0.29) is 30.0 Å². The molecule has 62 heavy (non-hydrogen) atoms. The van der Waals surface area contributed by atoms with Gasteiger partial charge in [-0.1, -0.05) is 23.7 Å². The van der Waals surface area contributed by atoms with Crippen LogP contribution in [0.2, 0.25) is 5.02 Å². The van der Waals surface area contributed by atoms with E-state index >= 15 is 0 Å². The molecule has 4 aromatic heterocycles. The minimum absolute atomic E-state index is 0.0112. The molecule has 316 valence electrons. The van der Waals surface area contributed by atoms with Crippen LogP contribution in [0.15, 0.2) is 76.5 Å². The number of amides is 2. The van der Waals surface area contributed by atoms with E-state index in [1.54, 1.807) is 48.1 Å². The molecule has 9 rings (SSSR count). The lowest BCUT2D eigenvalue weighted by Crippen LogP contribution is -2.40. The van der Waals surface area contributed by atoms with Crippen molar-refractivity contribution in [1.82, 2.24) is 40.2 Å². The van der Waals surface area contributed by atoms with Crippen LogP contribution in [0, 0.1) is 38.0 Å². The molecule has 6 heterocycles. The first-order valence-electron chi connectivity index (χ1n) is 21.0. The van der Waals surface area contributed by atoms with Gasteiger partial charge in [0, 0.05) is 46.8 Å². The maximum atomic E-state index is 13.8. The summed E-state index contributed by atoms with van der Waals surface area (Å²) in [6, 6.07) is 18.2. The number of hydrogen-bond donors (Lipinski definition) is 1. The van der Waals surface area contributed by atoms with Gasteiger partial charge in [0.05, 0.1) is 40.7 Å². The van der Waals surface area contributed by atoms with Gasteiger partial charge in [0.25, 0.3) is 11.8 Å². The number of benzene rings is 2. The first-order chi connectivity index (χ1) is 30.1. The maximum absolute atomic E-state index is 13.8. The first-order valence-corrected chi connectivity index (χ1v) is 22.2. The van der Waals surface area contributed by atoms with Gasteiger partial charge in [-0.3, -0.25) is 19.1 Å². The highest BCUT2D eigenvalue weighted by molar-refractivity contribution is 7.15. The lowest BCUT2D eigenvalue weighted by atomic mass is 9.91. The summed E-state index contributed by atoms with van der Waals surface area (Å²) in [5, 5.41) is 31.3. The van der Waals surface area contributed by atoms with Gasteiger partial charge in [0.15, 0.2) is 17.4 Å². The minimum atomic E-state index is -0.373. The molecular formula is C46H45ClN10O4S. The van der Waals surface area contributed by atoms with E-state index in [1.165, 1.54) is 4.88 Å². The van der Waals surface area contributed by atoms with Crippen LogP contribution in [0.3, 0.4) is 0 Å². The second kappa shape index (κ2) is 17.6. The van der Waals surface area contributed by atoms with Gasteiger partial charge in [0.1, 0.15) is 34.9 Å². The summed E-state index contributed by atoms with van der Waals surface area (Å²) < 4.78 is 13.8. The number of likely N-dealkylation sites (tertiary alicyclic amines) is 1. The van der Waals surface area contributed by atoms with E-state index in [1.807, 2.05) is 42.2 Å². The number of carbonyl (C=O) groups excluding carboxylic acids is 2. The van der Waals surface area contributed by atoms with Crippen LogP contribution in [0.1, 0.15) is 116 Å². The van der Waals surface area contributed by atoms with Crippen molar-refractivity contribution in [3.63, 3.8) is 0 Å². The van der Waals surface area contributed by atoms with Gasteiger partial charge in [-0.05, 0) is 114 Å². The Morgan fingerprint density at radius 1 is 0.952 bits per heavy atom. The van der Waals surface area contributed by atoms with Crippen LogP contribution >= 0.6 is 22.9 Å². The Balaban J connectivity index is 0.780. The van der Waals surface area contributed by atoms with Gasteiger partial charge in [-0.25, -0.2) is 4.98 Å². The van der Waals surface area contributed by atoms with Crippen LogP contribution in [0.25, 0.3) is 5.00 Å². The Morgan fingerprint density at radius 3 is 2.44 bits per heavy atom. The lowest BCUT2D eigenvalue weighted by molar-refractivity contribution is 0.0690. The van der Waals surface area contributed by atoms with E-state index < -0.39 is 0 Å². The van der Waals surface area contributed by atoms with Crippen molar-refractivity contribution in [1.29, 1.82) is 5.26 Å². The summed E-state index contributed by atoms with van der Waals surface area (Å²) in [5.74, 6) is 2.88. The Kier molecular flexibility index (Phi) is 11.7. The first kappa shape index (κ1) is 41.1. The third kappa shape index (κ3) is 8.49. The molecule has 2 aliphatic heterocycles. The molecule has 1 atom stereocenters. The number of rotatable bonds is 10. The zero-order valence-electron chi connectivity index (χ0n) is 34.7. The van der Waals surface area contributed by atoms with Crippen molar-refractivity contribution in [2.24, 2.45) is 10.9 Å². The highest BCUT2D eigenvalue weighted by Gasteiger charge is 2.33. The molecule has 2 aromatic carbocycles. The molecule has 16 heteroatoms. The van der Waals surface area contributed by atoms with Crippen LogP contribution in [0.4, 0.5) is 0 Å². The number of carbonyl (C=O) groups is 2. The molecule has 0 unspecified atom stereocenters. The van der Waals surface area contributed by atoms with Crippen molar-refractivity contribution in [3.8, 4) is 16.8 Å². The SMILES string of the molecule is Cc1sc2c(c1C)C(c1ccc(C(=O)N3CCC(Cc4ccc(C(=O)N[C@H]5CC[C@H](Oc6ccc(C#N)c(Cl)c6)CC5)nn4)CC3)cc1)=N[C@H](Cc1ncco1)c1nnc(C)n1-2. The number of nitriles is 1. The van der Waals surface area contributed by atoms with Crippen molar-refractivity contribution >= 4 is 40.5 Å². The summed E-state index contributed by atoms with van der Waals surface area (Å²) in [4.78, 5) is 39.6. The molecule has 1 N–H and O–H groups in total. The maximum Gasteiger partial charge on any atom is 0.272 e. The molecule has 2 amide bonds. The quantitative estimate of drug-likeness (QED) is 0.142. The number of halogens is 1. The fraction of sp³-hybridized carbons (Fsp3) is 0.370. The van der Waals surface area contributed by atoms with Gasteiger partial charge in [-0.2, -0.15) is 10.4 Å².